The van der Waals surface area contributed by atoms with E-state index in [1.165, 1.54) is 0 Å². The topological polar surface area (TPSA) is 58.6 Å². The molecule has 0 spiro atoms. The normalized spacial score (nSPS) is 15.3. The number of amides is 2. The molecular formula is C22H26N2O3. The number of hydrogen-bond acceptors (Lipinski definition) is 3. The molecule has 0 fully saturated rings. The first-order valence-corrected chi connectivity index (χ1v) is 9.57. The Balaban J connectivity index is 1.83. The quantitative estimate of drug-likeness (QED) is 0.762. The summed E-state index contributed by atoms with van der Waals surface area (Å²) in [6.45, 7) is 5.20. The highest BCUT2D eigenvalue weighted by Gasteiger charge is 2.38. The first-order valence-electron chi connectivity index (χ1n) is 9.57. The molecule has 5 heteroatoms. The van der Waals surface area contributed by atoms with E-state index >= 15 is 0 Å². The van der Waals surface area contributed by atoms with Gasteiger partial charge in [0.15, 0.2) is 0 Å². The van der Waals surface area contributed by atoms with Crippen LogP contribution in [0.25, 0.3) is 0 Å². The number of carbonyl (C=O) groups is 2. The third-order valence-corrected chi connectivity index (χ3v) is 4.72. The number of nitrogens with zero attached hydrogens (tertiary/aromatic N) is 1. The van der Waals surface area contributed by atoms with E-state index in [0.717, 1.165) is 29.8 Å². The van der Waals surface area contributed by atoms with Crippen LogP contribution in [-0.4, -0.2) is 31.0 Å². The lowest BCUT2D eigenvalue weighted by Crippen LogP contribution is -2.48. The lowest BCUT2D eigenvalue weighted by Gasteiger charge is -2.25. The van der Waals surface area contributed by atoms with Crippen LogP contribution in [0.5, 0.6) is 5.75 Å². The maximum Gasteiger partial charge on any atom is 0.259 e. The highest BCUT2D eigenvalue weighted by atomic mass is 16.5. The monoisotopic (exact) mass is 366 g/mol. The van der Waals surface area contributed by atoms with Crippen molar-refractivity contribution in [1.82, 2.24) is 5.32 Å². The summed E-state index contributed by atoms with van der Waals surface area (Å²) in [5.74, 6) is 0.458. The van der Waals surface area contributed by atoms with Gasteiger partial charge in [-0.2, -0.15) is 0 Å². The maximum atomic E-state index is 13.2. The Kier molecular flexibility index (Phi) is 6.12. The van der Waals surface area contributed by atoms with E-state index in [4.69, 9.17) is 4.74 Å². The van der Waals surface area contributed by atoms with Gasteiger partial charge in [-0.1, -0.05) is 31.5 Å². The van der Waals surface area contributed by atoms with Crippen molar-refractivity contribution >= 4 is 17.5 Å². The molecule has 0 aliphatic carbocycles. The summed E-state index contributed by atoms with van der Waals surface area (Å²) in [4.78, 5) is 27.4. The highest BCUT2D eigenvalue weighted by molar-refractivity contribution is 6.11. The van der Waals surface area contributed by atoms with Crippen LogP contribution in [0.4, 0.5) is 5.69 Å². The molecule has 0 radical (unpaired) electrons. The molecule has 27 heavy (non-hydrogen) atoms. The number of rotatable bonds is 7. The molecule has 1 heterocycles. The Morgan fingerprint density at radius 2 is 1.85 bits per heavy atom. The third kappa shape index (κ3) is 4.13. The van der Waals surface area contributed by atoms with E-state index in [1.807, 2.05) is 43.3 Å². The van der Waals surface area contributed by atoms with Crippen LogP contribution in [0, 0.1) is 0 Å². The molecule has 0 saturated heterocycles. The van der Waals surface area contributed by atoms with Gasteiger partial charge in [-0.05, 0) is 49.2 Å². The van der Waals surface area contributed by atoms with Gasteiger partial charge in [-0.15, -0.1) is 0 Å². The van der Waals surface area contributed by atoms with Gasteiger partial charge >= 0.3 is 0 Å². The van der Waals surface area contributed by atoms with E-state index < -0.39 is 6.04 Å². The molecule has 1 aliphatic heterocycles. The Hall–Kier alpha value is -2.82. The van der Waals surface area contributed by atoms with Crippen molar-refractivity contribution in [3.8, 4) is 5.75 Å². The molecule has 1 aliphatic rings. The zero-order valence-electron chi connectivity index (χ0n) is 15.9. The first-order chi connectivity index (χ1) is 13.2. The minimum atomic E-state index is -0.518. The first kappa shape index (κ1) is 19.0. The number of para-hydroxylation sites is 1. The number of fused-ring (bicyclic) bond motifs is 1. The fourth-order valence-corrected chi connectivity index (χ4v) is 3.31. The van der Waals surface area contributed by atoms with Crippen LogP contribution in [0.2, 0.25) is 0 Å². The van der Waals surface area contributed by atoms with Crippen LogP contribution in [0.1, 0.15) is 42.6 Å². The van der Waals surface area contributed by atoms with Crippen LogP contribution < -0.4 is 15.0 Å². The second-order valence-corrected chi connectivity index (χ2v) is 6.64. The number of carbonyl (C=O) groups excluding carboxylic acids is 2. The molecular weight excluding hydrogens is 340 g/mol. The average molecular weight is 366 g/mol. The van der Waals surface area contributed by atoms with E-state index in [2.05, 4.69) is 12.2 Å². The number of benzene rings is 2. The standard InChI is InChI=1S/C22H26N2O3/c1-3-5-14-27-18-12-10-16(11-13-18)22(26)24-19-9-7-6-8-17(19)15-20(24)21(25)23-4-2/h6-13,20H,3-5,14-15H2,1-2H3,(H,23,25). The van der Waals surface area contributed by atoms with Crippen molar-refractivity contribution in [2.45, 2.75) is 39.2 Å². The van der Waals surface area contributed by atoms with Gasteiger partial charge in [-0.25, -0.2) is 0 Å². The minimum Gasteiger partial charge on any atom is -0.494 e. The maximum absolute atomic E-state index is 13.2. The summed E-state index contributed by atoms with van der Waals surface area (Å²) in [5, 5.41) is 2.84. The molecule has 0 saturated carbocycles. The number of nitrogens with one attached hydrogen (secondary N) is 1. The van der Waals surface area contributed by atoms with Crippen molar-refractivity contribution in [1.29, 1.82) is 0 Å². The summed E-state index contributed by atoms with van der Waals surface area (Å²) in [7, 11) is 0. The summed E-state index contributed by atoms with van der Waals surface area (Å²) in [6, 6.07) is 14.3. The second-order valence-electron chi connectivity index (χ2n) is 6.64. The van der Waals surface area contributed by atoms with Crippen LogP contribution in [0.3, 0.4) is 0 Å². The lowest BCUT2D eigenvalue weighted by atomic mass is 10.1. The number of unbranched alkanes of at least 4 members (excludes halogenated alkanes) is 1. The van der Waals surface area contributed by atoms with Gasteiger partial charge in [0.25, 0.3) is 5.91 Å². The van der Waals surface area contributed by atoms with E-state index in [1.54, 1.807) is 17.0 Å². The van der Waals surface area contributed by atoms with Gasteiger partial charge in [0.2, 0.25) is 5.91 Å². The van der Waals surface area contributed by atoms with Crippen molar-refractivity contribution in [2.24, 2.45) is 0 Å². The zero-order valence-corrected chi connectivity index (χ0v) is 15.9. The fourth-order valence-electron chi connectivity index (χ4n) is 3.31. The predicted octanol–water partition coefficient (Wildman–Crippen LogP) is 3.57. The van der Waals surface area contributed by atoms with Gasteiger partial charge in [0, 0.05) is 24.2 Å². The smallest absolute Gasteiger partial charge is 0.259 e. The average Bonchev–Trinajstić information content (AvgIpc) is 3.08. The largest absolute Gasteiger partial charge is 0.494 e. The molecule has 2 amide bonds. The van der Waals surface area contributed by atoms with Crippen molar-refractivity contribution < 1.29 is 14.3 Å². The second kappa shape index (κ2) is 8.71. The lowest BCUT2D eigenvalue weighted by molar-refractivity contribution is -0.122. The van der Waals surface area contributed by atoms with Crippen LogP contribution in [-0.2, 0) is 11.2 Å². The van der Waals surface area contributed by atoms with Gasteiger partial charge in [0.1, 0.15) is 11.8 Å². The summed E-state index contributed by atoms with van der Waals surface area (Å²) >= 11 is 0. The highest BCUT2D eigenvalue weighted by Crippen LogP contribution is 2.33. The van der Waals surface area contributed by atoms with Gasteiger partial charge in [0.05, 0.1) is 6.61 Å². The Morgan fingerprint density at radius 1 is 1.11 bits per heavy atom. The number of likely N-dealkylation sites (N-methyl/N-ethyl adjacent to an activating group) is 1. The number of hydrogen-bond donors (Lipinski definition) is 1. The predicted molar refractivity (Wildman–Crippen MR) is 106 cm³/mol. The van der Waals surface area contributed by atoms with Crippen molar-refractivity contribution in [2.75, 3.05) is 18.1 Å². The molecule has 2 aromatic carbocycles. The van der Waals surface area contributed by atoms with E-state index in [-0.39, 0.29) is 11.8 Å². The van der Waals surface area contributed by atoms with Crippen molar-refractivity contribution in [3.63, 3.8) is 0 Å². The van der Waals surface area contributed by atoms with E-state index in [9.17, 15) is 9.59 Å². The molecule has 0 bridgehead atoms. The molecule has 0 aromatic heterocycles. The Morgan fingerprint density at radius 3 is 2.56 bits per heavy atom. The molecule has 3 rings (SSSR count). The Labute approximate surface area is 160 Å². The summed E-state index contributed by atoms with van der Waals surface area (Å²) in [5.41, 5.74) is 2.37. The number of ether oxygens (including phenoxy) is 1. The summed E-state index contributed by atoms with van der Waals surface area (Å²) in [6.07, 6.45) is 2.61. The Bertz CT molecular complexity index is 801. The molecule has 2 aromatic rings. The molecule has 1 unspecified atom stereocenters. The van der Waals surface area contributed by atoms with E-state index in [0.29, 0.717) is 25.1 Å². The molecule has 5 nitrogen and oxygen atoms in total. The minimum absolute atomic E-state index is 0.124. The molecule has 1 atom stereocenters. The van der Waals surface area contributed by atoms with Gasteiger partial charge < -0.3 is 10.1 Å². The fraction of sp³-hybridized carbons (Fsp3) is 0.364. The molecule has 142 valence electrons. The summed E-state index contributed by atoms with van der Waals surface area (Å²) < 4.78 is 5.67. The van der Waals surface area contributed by atoms with Crippen LogP contribution in [0.15, 0.2) is 48.5 Å². The SMILES string of the molecule is CCCCOc1ccc(C(=O)N2c3ccccc3CC2C(=O)NCC)cc1. The zero-order chi connectivity index (χ0) is 19.2. The number of anilines is 1. The van der Waals surface area contributed by atoms with Gasteiger partial charge in [-0.3, -0.25) is 14.5 Å². The van der Waals surface area contributed by atoms with Crippen molar-refractivity contribution in [3.05, 3.63) is 59.7 Å². The van der Waals surface area contributed by atoms with Crippen LogP contribution >= 0.6 is 0 Å². The third-order valence-electron chi connectivity index (χ3n) is 4.72. The molecule has 1 N–H and O–H groups in total.